The molecule has 0 saturated carbocycles. The van der Waals surface area contributed by atoms with E-state index < -0.39 is 0 Å². The third kappa shape index (κ3) is 3.56. The van der Waals surface area contributed by atoms with Crippen molar-refractivity contribution in [2.45, 2.75) is 33.4 Å². The zero-order valence-corrected chi connectivity index (χ0v) is 10.5. The van der Waals surface area contributed by atoms with Crippen LogP contribution >= 0.6 is 22.9 Å². The van der Waals surface area contributed by atoms with E-state index in [0.717, 1.165) is 17.2 Å². The van der Waals surface area contributed by atoms with Crippen LogP contribution in [0.5, 0.6) is 0 Å². The Bertz CT molecular complexity index is 275. The van der Waals surface area contributed by atoms with Crippen molar-refractivity contribution in [1.82, 2.24) is 10.3 Å². The number of thiazole rings is 1. The first-order chi connectivity index (χ1) is 6.63. The van der Waals surface area contributed by atoms with Gasteiger partial charge in [0.1, 0.15) is 5.01 Å². The van der Waals surface area contributed by atoms with E-state index in [4.69, 9.17) is 11.6 Å². The number of nitrogens with one attached hydrogen (secondary N) is 1. The van der Waals surface area contributed by atoms with E-state index in [2.05, 4.69) is 29.5 Å². The maximum atomic E-state index is 5.78. The summed E-state index contributed by atoms with van der Waals surface area (Å²) >= 11 is 7.48. The van der Waals surface area contributed by atoms with E-state index in [1.807, 2.05) is 6.92 Å². The number of alkyl halides is 1. The fraction of sp³-hybridized carbons (Fsp3) is 0.700. The van der Waals surface area contributed by atoms with E-state index in [9.17, 15) is 0 Å². The second-order valence-corrected chi connectivity index (χ2v) is 4.94. The number of hydrogen-bond acceptors (Lipinski definition) is 3. The first kappa shape index (κ1) is 12.0. The Kier molecular flexibility index (Phi) is 4.85. The molecule has 0 fully saturated rings. The van der Waals surface area contributed by atoms with Crippen molar-refractivity contribution >= 4 is 22.9 Å². The summed E-state index contributed by atoms with van der Waals surface area (Å²) < 4.78 is 0. The van der Waals surface area contributed by atoms with Crippen LogP contribution in [-0.4, -0.2) is 16.9 Å². The van der Waals surface area contributed by atoms with Gasteiger partial charge in [-0.15, -0.1) is 22.9 Å². The highest BCUT2D eigenvalue weighted by Gasteiger charge is 2.10. The molecule has 1 rings (SSSR count). The van der Waals surface area contributed by atoms with Crippen LogP contribution in [0, 0.1) is 12.8 Å². The van der Waals surface area contributed by atoms with Crippen molar-refractivity contribution in [3.8, 4) is 0 Å². The summed E-state index contributed by atoms with van der Waals surface area (Å²) in [4.78, 5) is 4.39. The monoisotopic (exact) mass is 232 g/mol. The minimum absolute atomic E-state index is 0.441. The first-order valence-electron chi connectivity index (χ1n) is 4.84. The summed E-state index contributed by atoms with van der Waals surface area (Å²) in [5, 5.41) is 6.65. The molecule has 2 nitrogen and oxygen atoms in total. The molecule has 4 heteroatoms. The van der Waals surface area contributed by atoms with Crippen molar-refractivity contribution in [2.24, 2.45) is 5.92 Å². The molecule has 14 heavy (non-hydrogen) atoms. The summed E-state index contributed by atoms with van der Waals surface area (Å²) in [6.07, 6.45) is 0. The van der Waals surface area contributed by atoms with E-state index >= 15 is 0 Å². The third-order valence-corrected chi connectivity index (χ3v) is 3.79. The van der Waals surface area contributed by atoms with Crippen LogP contribution in [0.3, 0.4) is 0 Å². The van der Waals surface area contributed by atoms with Crippen LogP contribution < -0.4 is 5.32 Å². The molecule has 0 saturated heterocycles. The van der Waals surface area contributed by atoms with Gasteiger partial charge in [-0.3, -0.25) is 0 Å². The number of halogens is 1. The zero-order chi connectivity index (χ0) is 10.6. The number of hydrogen-bond donors (Lipinski definition) is 1. The van der Waals surface area contributed by atoms with E-state index in [1.165, 1.54) is 0 Å². The zero-order valence-electron chi connectivity index (χ0n) is 8.88. The van der Waals surface area contributed by atoms with E-state index in [0.29, 0.717) is 17.8 Å². The molecule has 1 aromatic rings. The summed E-state index contributed by atoms with van der Waals surface area (Å²) in [5.41, 5.74) is 1.10. The molecule has 2 atom stereocenters. The molecular weight excluding hydrogens is 216 g/mol. The van der Waals surface area contributed by atoms with Crippen molar-refractivity contribution in [2.75, 3.05) is 5.88 Å². The molecule has 0 spiro atoms. The summed E-state index contributed by atoms with van der Waals surface area (Å²) in [5.74, 6) is 1.20. The van der Waals surface area contributed by atoms with Gasteiger partial charge in [-0.25, -0.2) is 4.98 Å². The Morgan fingerprint density at radius 2 is 2.29 bits per heavy atom. The lowest BCUT2D eigenvalue weighted by Crippen LogP contribution is -2.32. The van der Waals surface area contributed by atoms with Crippen molar-refractivity contribution < 1.29 is 0 Å². The van der Waals surface area contributed by atoms with Gasteiger partial charge < -0.3 is 5.32 Å². The molecule has 0 bridgehead atoms. The molecule has 1 aromatic heterocycles. The van der Waals surface area contributed by atoms with Gasteiger partial charge in [0.25, 0.3) is 0 Å². The third-order valence-electron chi connectivity index (χ3n) is 2.34. The number of aryl methyl sites for hydroxylation is 1. The standard InChI is InChI=1S/C10H17ClN2S/c1-7(4-11)9(3)12-5-10-13-8(2)6-14-10/h6-7,9,12H,4-5H2,1-3H3. The lowest BCUT2D eigenvalue weighted by atomic mass is 10.1. The van der Waals surface area contributed by atoms with Crippen LogP contribution in [0.25, 0.3) is 0 Å². The van der Waals surface area contributed by atoms with Crippen LogP contribution in [0.1, 0.15) is 24.5 Å². The lowest BCUT2D eigenvalue weighted by Gasteiger charge is -2.18. The van der Waals surface area contributed by atoms with Gasteiger partial charge >= 0.3 is 0 Å². The quantitative estimate of drug-likeness (QED) is 0.790. The number of nitrogens with zero attached hydrogens (tertiary/aromatic N) is 1. The van der Waals surface area contributed by atoms with Gasteiger partial charge in [0, 0.05) is 29.5 Å². The summed E-state index contributed by atoms with van der Waals surface area (Å²) in [7, 11) is 0. The second-order valence-electron chi connectivity index (χ2n) is 3.68. The highest BCUT2D eigenvalue weighted by molar-refractivity contribution is 7.09. The molecule has 0 aliphatic rings. The Morgan fingerprint density at radius 3 is 2.79 bits per heavy atom. The predicted octanol–water partition coefficient (Wildman–Crippen LogP) is 2.80. The van der Waals surface area contributed by atoms with Crippen molar-refractivity contribution in [3.63, 3.8) is 0 Å². The van der Waals surface area contributed by atoms with E-state index in [1.54, 1.807) is 11.3 Å². The molecule has 0 aromatic carbocycles. The summed E-state index contributed by atoms with van der Waals surface area (Å²) in [6, 6.07) is 0.441. The van der Waals surface area contributed by atoms with Gasteiger partial charge in [0.2, 0.25) is 0 Å². The molecule has 0 aliphatic carbocycles. The average Bonchev–Trinajstić information content (AvgIpc) is 2.59. The topological polar surface area (TPSA) is 24.9 Å². The average molecular weight is 233 g/mol. The number of rotatable bonds is 5. The van der Waals surface area contributed by atoms with Crippen molar-refractivity contribution in [1.29, 1.82) is 0 Å². The highest BCUT2D eigenvalue weighted by atomic mass is 35.5. The molecule has 0 radical (unpaired) electrons. The maximum Gasteiger partial charge on any atom is 0.107 e. The SMILES string of the molecule is Cc1csc(CNC(C)C(C)CCl)n1. The smallest absolute Gasteiger partial charge is 0.107 e. The van der Waals surface area contributed by atoms with Crippen LogP contribution in [0.4, 0.5) is 0 Å². The summed E-state index contributed by atoms with van der Waals surface area (Å²) in [6.45, 7) is 7.18. The Labute approximate surface area is 94.7 Å². The molecule has 1 heterocycles. The van der Waals surface area contributed by atoms with Crippen LogP contribution in [0.2, 0.25) is 0 Å². The maximum absolute atomic E-state index is 5.78. The lowest BCUT2D eigenvalue weighted by molar-refractivity contribution is 0.429. The fourth-order valence-electron chi connectivity index (χ4n) is 1.07. The highest BCUT2D eigenvalue weighted by Crippen LogP contribution is 2.10. The fourth-order valence-corrected chi connectivity index (χ4v) is 2.06. The Hall–Kier alpha value is -0.120. The minimum atomic E-state index is 0.441. The van der Waals surface area contributed by atoms with E-state index in [-0.39, 0.29) is 0 Å². The van der Waals surface area contributed by atoms with Gasteiger partial charge in [-0.05, 0) is 19.8 Å². The van der Waals surface area contributed by atoms with Gasteiger partial charge in [0.05, 0.1) is 0 Å². The molecular formula is C10H17ClN2S. The molecule has 0 amide bonds. The molecule has 0 aliphatic heterocycles. The predicted molar refractivity (Wildman–Crippen MR) is 63.0 cm³/mol. The minimum Gasteiger partial charge on any atom is -0.308 e. The Balaban J connectivity index is 2.33. The van der Waals surface area contributed by atoms with Crippen LogP contribution in [-0.2, 0) is 6.54 Å². The molecule has 2 unspecified atom stereocenters. The van der Waals surface area contributed by atoms with Gasteiger partial charge in [-0.1, -0.05) is 6.92 Å². The number of aromatic nitrogens is 1. The van der Waals surface area contributed by atoms with Crippen LogP contribution in [0.15, 0.2) is 5.38 Å². The first-order valence-corrected chi connectivity index (χ1v) is 6.25. The van der Waals surface area contributed by atoms with Gasteiger partial charge in [0.15, 0.2) is 0 Å². The molecule has 80 valence electrons. The largest absolute Gasteiger partial charge is 0.308 e. The molecule has 1 N–H and O–H groups in total. The van der Waals surface area contributed by atoms with Crippen molar-refractivity contribution in [3.05, 3.63) is 16.1 Å². The van der Waals surface area contributed by atoms with Gasteiger partial charge in [-0.2, -0.15) is 0 Å². The Morgan fingerprint density at radius 1 is 1.57 bits per heavy atom. The second kappa shape index (κ2) is 5.69. The normalized spacial score (nSPS) is 15.4.